The monoisotopic (exact) mass is 413 g/mol. The SMILES string of the molecule is CCCOc1ccc(N2C(=O)C[C@@H](N3CCC(C(=O)N4CCCC4)CC3)C2=O)cc1. The second kappa shape index (κ2) is 9.16. The molecule has 7 nitrogen and oxygen atoms in total. The Morgan fingerprint density at radius 2 is 1.70 bits per heavy atom. The van der Waals surface area contributed by atoms with Crippen molar-refractivity contribution in [1.29, 1.82) is 0 Å². The second-order valence-electron chi connectivity index (χ2n) is 8.47. The lowest BCUT2D eigenvalue weighted by Gasteiger charge is -2.35. The molecule has 1 aromatic carbocycles. The summed E-state index contributed by atoms with van der Waals surface area (Å²) in [7, 11) is 0. The van der Waals surface area contributed by atoms with E-state index < -0.39 is 6.04 Å². The summed E-state index contributed by atoms with van der Waals surface area (Å²) in [5, 5.41) is 0. The molecule has 0 saturated carbocycles. The minimum absolute atomic E-state index is 0.0540. The van der Waals surface area contributed by atoms with Gasteiger partial charge in [0.15, 0.2) is 0 Å². The third-order valence-electron chi connectivity index (χ3n) is 6.43. The van der Waals surface area contributed by atoms with Crippen LogP contribution in [-0.4, -0.2) is 66.3 Å². The first-order chi connectivity index (χ1) is 14.6. The molecule has 3 fully saturated rings. The minimum Gasteiger partial charge on any atom is -0.494 e. The van der Waals surface area contributed by atoms with Crippen LogP contribution in [0.25, 0.3) is 0 Å². The maximum absolute atomic E-state index is 13.1. The average Bonchev–Trinajstić information content (AvgIpc) is 3.41. The van der Waals surface area contributed by atoms with Crippen LogP contribution in [-0.2, 0) is 14.4 Å². The van der Waals surface area contributed by atoms with Gasteiger partial charge in [0.05, 0.1) is 24.8 Å². The average molecular weight is 414 g/mol. The summed E-state index contributed by atoms with van der Waals surface area (Å²) in [6.07, 6.45) is 4.85. The number of likely N-dealkylation sites (tertiary alicyclic amines) is 2. The summed E-state index contributed by atoms with van der Waals surface area (Å²) in [4.78, 5) is 43.7. The van der Waals surface area contributed by atoms with E-state index in [1.54, 1.807) is 24.3 Å². The molecule has 30 heavy (non-hydrogen) atoms. The number of anilines is 1. The Morgan fingerprint density at radius 3 is 2.33 bits per heavy atom. The zero-order valence-corrected chi connectivity index (χ0v) is 17.7. The first kappa shape index (κ1) is 20.8. The molecule has 0 aromatic heterocycles. The lowest BCUT2D eigenvalue weighted by atomic mass is 9.94. The molecule has 0 spiro atoms. The fourth-order valence-electron chi connectivity index (χ4n) is 4.74. The van der Waals surface area contributed by atoms with Gasteiger partial charge in [-0.15, -0.1) is 0 Å². The molecule has 3 heterocycles. The molecule has 1 atom stereocenters. The highest BCUT2D eigenvalue weighted by Crippen LogP contribution is 2.30. The van der Waals surface area contributed by atoms with E-state index in [0.717, 1.165) is 50.9 Å². The smallest absolute Gasteiger partial charge is 0.251 e. The van der Waals surface area contributed by atoms with E-state index in [1.165, 1.54) is 4.90 Å². The summed E-state index contributed by atoms with van der Waals surface area (Å²) in [5.41, 5.74) is 0.593. The van der Waals surface area contributed by atoms with E-state index in [9.17, 15) is 14.4 Å². The number of piperidine rings is 1. The lowest BCUT2D eigenvalue weighted by Crippen LogP contribution is -2.48. The fourth-order valence-corrected chi connectivity index (χ4v) is 4.74. The molecule has 7 heteroatoms. The van der Waals surface area contributed by atoms with Gasteiger partial charge in [-0.3, -0.25) is 19.3 Å². The molecule has 4 rings (SSSR count). The van der Waals surface area contributed by atoms with Crippen molar-refractivity contribution in [3.8, 4) is 5.75 Å². The molecule has 0 bridgehead atoms. The van der Waals surface area contributed by atoms with Gasteiger partial charge in [0.2, 0.25) is 11.8 Å². The number of amides is 3. The number of hydrogen-bond acceptors (Lipinski definition) is 5. The number of benzene rings is 1. The van der Waals surface area contributed by atoms with Crippen molar-refractivity contribution in [3.05, 3.63) is 24.3 Å². The minimum atomic E-state index is -0.420. The number of nitrogens with zero attached hydrogens (tertiary/aromatic N) is 3. The molecule has 3 amide bonds. The zero-order valence-electron chi connectivity index (χ0n) is 17.7. The Bertz CT molecular complexity index is 780. The van der Waals surface area contributed by atoms with Gasteiger partial charge in [0.25, 0.3) is 5.91 Å². The Labute approximate surface area is 177 Å². The summed E-state index contributed by atoms with van der Waals surface area (Å²) < 4.78 is 5.58. The first-order valence-electron chi connectivity index (χ1n) is 11.2. The van der Waals surface area contributed by atoms with Crippen LogP contribution in [0.1, 0.15) is 45.4 Å². The highest BCUT2D eigenvalue weighted by atomic mass is 16.5. The van der Waals surface area contributed by atoms with Gasteiger partial charge in [-0.25, -0.2) is 4.90 Å². The van der Waals surface area contributed by atoms with E-state index in [4.69, 9.17) is 4.74 Å². The molecule has 0 aliphatic carbocycles. The van der Waals surface area contributed by atoms with Crippen molar-refractivity contribution in [2.45, 2.75) is 51.5 Å². The molecule has 0 unspecified atom stereocenters. The maximum Gasteiger partial charge on any atom is 0.251 e. The third kappa shape index (κ3) is 4.21. The lowest BCUT2D eigenvalue weighted by molar-refractivity contribution is -0.136. The van der Waals surface area contributed by atoms with Crippen LogP contribution in [0.5, 0.6) is 5.75 Å². The molecule has 0 N–H and O–H groups in total. The third-order valence-corrected chi connectivity index (χ3v) is 6.43. The van der Waals surface area contributed by atoms with Crippen molar-refractivity contribution in [1.82, 2.24) is 9.80 Å². The van der Waals surface area contributed by atoms with E-state index >= 15 is 0 Å². The standard InChI is InChI=1S/C23H31N3O4/c1-2-15-30-19-7-5-18(6-8-19)26-21(27)16-20(23(26)29)24-13-9-17(10-14-24)22(28)25-11-3-4-12-25/h5-8,17,20H,2-4,9-16H2,1H3/t20-/m1/s1. The Hall–Kier alpha value is -2.41. The molecule has 3 saturated heterocycles. The maximum atomic E-state index is 13.1. The predicted octanol–water partition coefficient (Wildman–Crippen LogP) is 2.44. The van der Waals surface area contributed by atoms with Gasteiger partial charge in [-0.05, 0) is 69.5 Å². The van der Waals surface area contributed by atoms with Crippen molar-refractivity contribution in [2.75, 3.05) is 37.7 Å². The number of imide groups is 1. The zero-order chi connectivity index (χ0) is 21.1. The van der Waals surface area contributed by atoms with Crippen LogP contribution in [0.2, 0.25) is 0 Å². The highest BCUT2D eigenvalue weighted by Gasteiger charge is 2.44. The normalized spacial score (nSPS) is 23.4. The first-order valence-corrected chi connectivity index (χ1v) is 11.2. The molecule has 3 aliphatic rings. The number of rotatable bonds is 6. The van der Waals surface area contributed by atoms with Crippen molar-refractivity contribution in [2.24, 2.45) is 5.92 Å². The van der Waals surface area contributed by atoms with Gasteiger partial charge >= 0.3 is 0 Å². The molecular weight excluding hydrogens is 382 g/mol. The molecule has 1 aromatic rings. The van der Waals surface area contributed by atoms with Crippen molar-refractivity contribution < 1.29 is 19.1 Å². The van der Waals surface area contributed by atoms with E-state index in [0.29, 0.717) is 25.4 Å². The quantitative estimate of drug-likeness (QED) is 0.670. The summed E-state index contributed by atoms with van der Waals surface area (Å²) in [5.74, 6) is 0.737. The van der Waals surface area contributed by atoms with Crippen LogP contribution < -0.4 is 9.64 Å². The van der Waals surface area contributed by atoms with Crippen molar-refractivity contribution in [3.63, 3.8) is 0 Å². The topological polar surface area (TPSA) is 70.2 Å². The van der Waals surface area contributed by atoms with Crippen LogP contribution in [0, 0.1) is 5.92 Å². The molecular formula is C23H31N3O4. The van der Waals surface area contributed by atoms with Crippen molar-refractivity contribution >= 4 is 23.4 Å². The van der Waals surface area contributed by atoms with Gasteiger partial charge in [-0.2, -0.15) is 0 Å². The Kier molecular flexibility index (Phi) is 6.37. The predicted molar refractivity (Wildman–Crippen MR) is 113 cm³/mol. The van der Waals surface area contributed by atoms with Gasteiger partial charge < -0.3 is 9.64 Å². The van der Waals surface area contributed by atoms with Crippen LogP contribution in [0.3, 0.4) is 0 Å². The summed E-state index contributed by atoms with van der Waals surface area (Å²) in [6.45, 7) is 5.81. The highest BCUT2D eigenvalue weighted by molar-refractivity contribution is 6.22. The van der Waals surface area contributed by atoms with E-state index in [2.05, 4.69) is 4.90 Å². The largest absolute Gasteiger partial charge is 0.494 e. The van der Waals surface area contributed by atoms with Gasteiger partial charge in [0, 0.05) is 19.0 Å². The number of carbonyl (C=O) groups is 3. The van der Waals surface area contributed by atoms with Crippen LogP contribution in [0.4, 0.5) is 5.69 Å². The van der Waals surface area contributed by atoms with Gasteiger partial charge in [0.1, 0.15) is 5.75 Å². The summed E-state index contributed by atoms with van der Waals surface area (Å²) in [6, 6.07) is 6.72. The van der Waals surface area contributed by atoms with Gasteiger partial charge in [-0.1, -0.05) is 6.92 Å². The number of ether oxygens (including phenoxy) is 1. The van der Waals surface area contributed by atoms with Crippen LogP contribution >= 0.6 is 0 Å². The van der Waals surface area contributed by atoms with E-state index in [1.807, 2.05) is 11.8 Å². The number of carbonyl (C=O) groups excluding carboxylic acids is 3. The van der Waals surface area contributed by atoms with Crippen LogP contribution in [0.15, 0.2) is 24.3 Å². The Morgan fingerprint density at radius 1 is 1.03 bits per heavy atom. The number of hydrogen-bond donors (Lipinski definition) is 0. The molecule has 162 valence electrons. The molecule has 3 aliphatic heterocycles. The fraction of sp³-hybridized carbons (Fsp3) is 0.609. The second-order valence-corrected chi connectivity index (χ2v) is 8.47. The Balaban J connectivity index is 1.35. The summed E-state index contributed by atoms with van der Waals surface area (Å²) >= 11 is 0. The molecule has 0 radical (unpaired) electrons. The van der Waals surface area contributed by atoms with E-state index in [-0.39, 0.29) is 30.1 Å².